The van der Waals surface area contributed by atoms with Crippen LogP contribution in [-0.4, -0.2) is 24.8 Å². The minimum atomic E-state index is -0.493. The van der Waals surface area contributed by atoms with E-state index >= 15 is 0 Å². The minimum absolute atomic E-state index is 0.0903. The first-order valence-electron chi connectivity index (χ1n) is 5.83. The van der Waals surface area contributed by atoms with Gasteiger partial charge in [0, 0.05) is 0 Å². The number of hydrogen-bond donors (Lipinski definition) is 2. The fourth-order valence-electron chi connectivity index (χ4n) is 1.52. The van der Waals surface area contributed by atoms with Crippen LogP contribution in [0.1, 0.15) is 31.9 Å². The van der Waals surface area contributed by atoms with Crippen molar-refractivity contribution in [3.63, 3.8) is 0 Å². The summed E-state index contributed by atoms with van der Waals surface area (Å²) < 4.78 is 5.53. The van der Waals surface area contributed by atoms with Gasteiger partial charge in [-0.05, 0) is 51.6 Å². The Kier molecular flexibility index (Phi) is 5.75. The van der Waals surface area contributed by atoms with E-state index in [1.807, 2.05) is 27.0 Å². The third-order valence-electron chi connectivity index (χ3n) is 2.37. The van der Waals surface area contributed by atoms with Gasteiger partial charge in [-0.15, -0.1) is 0 Å². The molecule has 1 rings (SSSR count). The maximum absolute atomic E-state index is 9.91. The molecule has 0 aliphatic heterocycles. The molecule has 4 heteroatoms. The molecule has 1 unspecified atom stereocenters. The lowest BCUT2D eigenvalue weighted by molar-refractivity contribution is 0.167. The lowest BCUT2D eigenvalue weighted by Gasteiger charge is -2.15. The second-order valence-electron chi connectivity index (χ2n) is 4.26. The highest BCUT2D eigenvalue weighted by molar-refractivity contribution is 6.32. The summed E-state index contributed by atoms with van der Waals surface area (Å²) >= 11 is 6.10. The Morgan fingerprint density at radius 1 is 1.41 bits per heavy atom. The number of benzene rings is 1. The summed E-state index contributed by atoms with van der Waals surface area (Å²) in [4.78, 5) is 0. The van der Waals surface area contributed by atoms with Crippen molar-refractivity contribution in [3.8, 4) is 5.75 Å². The maximum atomic E-state index is 9.91. The first-order chi connectivity index (χ1) is 8.04. The number of ether oxygens (including phenoxy) is 1. The summed E-state index contributed by atoms with van der Waals surface area (Å²) in [5.41, 5.74) is 0.821. The summed E-state index contributed by atoms with van der Waals surface area (Å²) in [6, 6.07) is 5.42. The van der Waals surface area contributed by atoms with Crippen LogP contribution in [0.4, 0.5) is 0 Å². The second-order valence-corrected chi connectivity index (χ2v) is 4.67. The van der Waals surface area contributed by atoms with Crippen molar-refractivity contribution in [2.45, 2.75) is 32.5 Å². The fourth-order valence-corrected chi connectivity index (χ4v) is 1.76. The van der Waals surface area contributed by atoms with E-state index in [4.69, 9.17) is 16.3 Å². The van der Waals surface area contributed by atoms with Gasteiger partial charge in [0.1, 0.15) is 5.75 Å². The van der Waals surface area contributed by atoms with Gasteiger partial charge in [-0.1, -0.05) is 17.7 Å². The van der Waals surface area contributed by atoms with Crippen LogP contribution in [0, 0.1) is 0 Å². The highest BCUT2D eigenvalue weighted by atomic mass is 35.5. The van der Waals surface area contributed by atoms with Crippen molar-refractivity contribution < 1.29 is 9.84 Å². The third kappa shape index (κ3) is 4.54. The topological polar surface area (TPSA) is 41.5 Å². The quantitative estimate of drug-likeness (QED) is 0.824. The van der Waals surface area contributed by atoms with Crippen LogP contribution in [0.2, 0.25) is 5.02 Å². The molecule has 0 saturated carbocycles. The summed E-state index contributed by atoms with van der Waals surface area (Å²) in [6.07, 6.45) is 0.262. The highest BCUT2D eigenvalue weighted by Gasteiger charge is 2.10. The van der Waals surface area contributed by atoms with E-state index in [1.165, 1.54) is 0 Å². The van der Waals surface area contributed by atoms with Crippen LogP contribution in [0.25, 0.3) is 0 Å². The van der Waals surface area contributed by atoms with Crippen molar-refractivity contribution in [3.05, 3.63) is 28.8 Å². The summed E-state index contributed by atoms with van der Waals surface area (Å²) in [5, 5.41) is 13.5. The fraction of sp³-hybridized carbons (Fsp3) is 0.538. The van der Waals surface area contributed by atoms with Crippen molar-refractivity contribution in [2.75, 3.05) is 13.6 Å². The maximum Gasteiger partial charge on any atom is 0.138 e. The van der Waals surface area contributed by atoms with E-state index in [0.29, 0.717) is 17.2 Å². The lowest BCUT2D eigenvalue weighted by Crippen LogP contribution is -2.12. The molecule has 0 fully saturated rings. The molecule has 0 saturated heterocycles. The van der Waals surface area contributed by atoms with E-state index in [2.05, 4.69) is 5.32 Å². The van der Waals surface area contributed by atoms with E-state index in [0.717, 1.165) is 12.1 Å². The smallest absolute Gasteiger partial charge is 0.138 e. The van der Waals surface area contributed by atoms with E-state index < -0.39 is 6.10 Å². The molecular formula is C13H20ClNO2. The molecule has 1 aromatic rings. The molecule has 0 radical (unpaired) electrons. The molecule has 0 spiro atoms. The Balaban J connectivity index is 2.73. The normalized spacial score (nSPS) is 12.8. The zero-order valence-corrected chi connectivity index (χ0v) is 11.3. The van der Waals surface area contributed by atoms with Gasteiger partial charge in [0.15, 0.2) is 0 Å². The minimum Gasteiger partial charge on any atom is -0.489 e. The van der Waals surface area contributed by atoms with Crippen molar-refractivity contribution >= 4 is 11.6 Å². The molecule has 0 aliphatic rings. The average Bonchev–Trinajstić information content (AvgIpc) is 2.28. The van der Waals surface area contributed by atoms with E-state index in [1.54, 1.807) is 12.1 Å². The standard InChI is InChI=1S/C13H20ClNO2/c1-9(2)17-13-5-4-10(8-11(13)14)12(16)6-7-15-3/h4-5,8-9,12,15-16H,6-7H2,1-3H3. The number of halogens is 1. The van der Waals surface area contributed by atoms with Gasteiger partial charge >= 0.3 is 0 Å². The molecule has 2 N–H and O–H groups in total. The largest absolute Gasteiger partial charge is 0.489 e. The molecule has 0 bridgehead atoms. The second kappa shape index (κ2) is 6.84. The monoisotopic (exact) mass is 257 g/mol. The van der Waals surface area contributed by atoms with Gasteiger partial charge in [0.25, 0.3) is 0 Å². The van der Waals surface area contributed by atoms with E-state index in [-0.39, 0.29) is 6.10 Å². The zero-order chi connectivity index (χ0) is 12.8. The summed E-state index contributed by atoms with van der Waals surface area (Å²) in [5.74, 6) is 0.659. The number of aliphatic hydroxyl groups is 1. The van der Waals surface area contributed by atoms with Crippen molar-refractivity contribution in [2.24, 2.45) is 0 Å². The molecule has 0 aliphatic carbocycles. The highest BCUT2D eigenvalue weighted by Crippen LogP contribution is 2.29. The number of rotatable bonds is 6. The van der Waals surface area contributed by atoms with Crippen molar-refractivity contribution in [1.29, 1.82) is 0 Å². The average molecular weight is 258 g/mol. The van der Waals surface area contributed by atoms with Crippen LogP contribution in [-0.2, 0) is 0 Å². The Bertz CT molecular complexity index is 355. The van der Waals surface area contributed by atoms with Gasteiger partial charge in [-0.3, -0.25) is 0 Å². The van der Waals surface area contributed by atoms with Crippen molar-refractivity contribution in [1.82, 2.24) is 5.32 Å². The SMILES string of the molecule is CNCCC(O)c1ccc(OC(C)C)c(Cl)c1. The molecular weight excluding hydrogens is 238 g/mol. The Hall–Kier alpha value is -0.770. The molecule has 1 aromatic carbocycles. The molecule has 0 aromatic heterocycles. The summed E-state index contributed by atoms with van der Waals surface area (Å²) in [6.45, 7) is 4.67. The predicted molar refractivity (Wildman–Crippen MR) is 70.7 cm³/mol. The first kappa shape index (κ1) is 14.3. The molecule has 3 nitrogen and oxygen atoms in total. The van der Waals surface area contributed by atoms with Crippen LogP contribution in [0.5, 0.6) is 5.75 Å². The van der Waals surface area contributed by atoms with E-state index in [9.17, 15) is 5.11 Å². The number of aliphatic hydroxyl groups excluding tert-OH is 1. The van der Waals surface area contributed by atoms with Crippen LogP contribution in [0.15, 0.2) is 18.2 Å². The van der Waals surface area contributed by atoms with Gasteiger partial charge in [-0.25, -0.2) is 0 Å². The molecule has 96 valence electrons. The first-order valence-corrected chi connectivity index (χ1v) is 6.21. The molecule has 0 amide bonds. The van der Waals surface area contributed by atoms with Gasteiger partial charge < -0.3 is 15.2 Å². The Morgan fingerprint density at radius 3 is 2.65 bits per heavy atom. The van der Waals surface area contributed by atoms with Crippen LogP contribution >= 0.6 is 11.6 Å². The molecule has 17 heavy (non-hydrogen) atoms. The molecule has 1 atom stereocenters. The van der Waals surface area contributed by atoms with Gasteiger partial charge in [-0.2, -0.15) is 0 Å². The summed E-state index contributed by atoms with van der Waals surface area (Å²) in [7, 11) is 1.86. The predicted octanol–water partition coefficient (Wildman–Crippen LogP) is 2.77. The lowest BCUT2D eigenvalue weighted by atomic mass is 10.1. The van der Waals surface area contributed by atoms with Gasteiger partial charge in [0.2, 0.25) is 0 Å². The van der Waals surface area contributed by atoms with Crippen LogP contribution < -0.4 is 10.1 Å². The number of nitrogens with one attached hydrogen (secondary N) is 1. The van der Waals surface area contributed by atoms with Gasteiger partial charge in [0.05, 0.1) is 17.2 Å². The Morgan fingerprint density at radius 2 is 2.12 bits per heavy atom. The third-order valence-corrected chi connectivity index (χ3v) is 2.67. The Labute approximate surface area is 108 Å². The zero-order valence-electron chi connectivity index (χ0n) is 10.5. The van der Waals surface area contributed by atoms with Crippen LogP contribution in [0.3, 0.4) is 0 Å². The number of hydrogen-bond acceptors (Lipinski definition) is 3. The molecule has 0 heterocycles.